The summed E-state index contributed by atoms with van der Waals surface area (Å²) in [6, 6.07) is 7.06. The highest BCUT2D eigenvalue weighted by Gasteiger charge is 2.22. The van der Waals surface area contributed by atoms with Crippen LogP contribution in [-0.4, -0.2) is 45.9 Å². The van der Waals surface area contributed by atoms with E-state index in [1.54, 1.807) is 24.4 Å². The summed E-state index contributed by atoms with van der Waals surface area (Å²) in [4.78, 5) is 26.7. The van der Waals surface area contributed by atoms with Crippen molar-refractivity contribution in [2.75, 3.05) is 25.5 Å². The Morgan fingerprint density at radius 2 is 2.12 bits per heavy atom. The minimum atomic E-state index is -0.314. The van der Waals surface area contributed by atoms with Crippen molar-refractivity contribution in [1.29, 1.82) is 0 Å². The van der Waals surface area contributed by atoms with Crippen molar-refractivity contribution in [2.45, 2.75) is 18.8 Å². The van der Waals surface area contributed by atoms with Crippen molar-refractivity contribution in [2.24, 2.45) is 0 Å². The molecule has 0 unspecified atom stereocenters. The molecule has 0 bridgehead atoms. The minimum absolute atomic E-state index is 0.180. The smallest absolute Gasteiger partial charge is 0.259 e. The second-order valence-electron chi connectivity index (χ2n) is 6.71. The summed E-state index contributed by atoms with van der Waals surface area (Å²) in [6.45, 7) is 2.18. The first-order chi connectivity index (χ1) is 12.6. The Balaban J connectivity index is 1.60. The van der Waals surface area contributed by atoms with Gasteiger partial charge in [0.2, 0.25) is 0 Å². The lowest BCUT2D eigenvalue weighted by atomic mass is 9.91. The van der Waals surface area contributed by atoms with Gasteiger partial charge in [-0.15, -0.1) is 0 Å². The Hall–Kier alpha value is -2.44. The van der Waals surface area contributed by atoms with E-state index >= 15 is 0 Å². The molecular formula is C19H20ClN5O. The minimum Gasteiger partial charge on any atom is -0.360 e. The Morgan fingerprint density at radius 1 is 1.31 bits per heavy atom. The maximum atomic E-state index is 12.4. The summed E-state index contributed by atoms with van der Waals surface area (Å²) in [7, 11) is 2.15. The molecule has 4 heterocycles. The number of rotatable bonds is 3. The van der Waals surface area contributed by atoms with Gasteiger partial charge in [0.1, 0.15) is 11.0 Å². The fourth-order valence-electron chi connectivity index (χ4n) is 3.46. The largest absolute Gasteiger partial charge is 0.360 e. The summed E-state index contributed by atoms with van der Waals surface area (Å²) in [5, 5.41) is 3.00. The number of H-pyrrole nitrogens is 1. The van der Waals surface area contributed by atoms with Gasteiger partial charge < -0.3 is 15.2 Å². The first-order valence-corrected chi connectivity index (χ1v) is 9.08. The second-order valence-corrected chi connectivity index (χ2v) is 7.07. The highest BCUT2D eigenvalue weighted by Crippen LogP contribution is 2.32. The first kappa shape index (κ1) is 17.0. The second kappa shape index (κ2) is 7.05. The third-order valence-corrected chi connectivity index (χ3v) is 5.26. The molecule has 1 saturated heterocycles. The highest BCUT2D eigenvalue weighted by atomic mass is 35.5. The number of aromatic amines is 1. The molecule has 0 aromatic carbocycles. The van der Waals surface area contributed by atoms with E-state index in [2.05, 4.69) is 38.4 Å². The van der Waals surface area contributed by atoms with Crippen molar-refractivity contribution in [1.82, 2.24) is 19.9 Å². The van der Waals surface area contributed by atoms with Crippen LogP contribution in [0.5, 0.6) is 0 Å². The molecule has 4 rings (SSSR count). The molecule has 26 heavy (non-hydrogen) atoms. The number of aromatic nitrogens is 3. The molecule has 0 radical (unpaired) electrons. The number of likely N-dealkylation sites (tertiary alicyclic amines) is 1. The summed E-state index contributed by atoms with van der Waals surface area (Å²) in [5.41, 5.74) is 3.47. The molecule has 0 aliphatic carbocycles. The van der Waals surface area contributed by atoms with Gasteiger partial charge >= 0.3 is 0 Å². The molecule has 7 heteroatoms. The van der Waals surface area contributed by atoms with Crippen molar-refractivity contribution < 1.29 is 4.79 Å². The average molecular weight is 370 g/mol. The molecule has 0 spiro atoms. The highest BCUT2D eigenvalue weighted by molar-refractivity contribution is 6.33. The average Bonchev–Trinajstić information content (AvgIpc) is 3.06. The van der Waals surface area contributed by atoms with Crippen LogP contribution in [0.4, 0.5) is 5.82 Å². The van der Waals surface area contributed by atoms with E-state index in [4.69, 9.17) is 11.6 Å². The van der Waals surface area contributed by atoms with Crippen LogP contribution in [-0.2, 0) is 0 Å². The molecular weight excluding hydrogens is 350 g/mol. The van der Waals surface area contributed by atoms with E-state index in [9.17, 15) is 4.79 Å². The van der Waals surface area contributed by atoms with Gasteiger partial charge in [-0.2, -0.15) is 0 Å². The van der Waals surface area contributed by atoms with Gasteiger partial charge in [-0.1, -0.05) is 11.6 Å². The number of piperidine rings is 1. The number of carbonyl (C=O) groups excluding carboxylic acids is 1. The van der Waals surface area contributed by atoms with Crippen molar-refractivity contribution in [3.8, 4) is 0 Å². The van der Waals surface area contributed by atoms with Crippen LogP contribution < -0.4 is 5.32 Å². The molecule has 1 aliphatic heterocycles. The van der Waals surface area contributed by atoms with Crippen LogP contribution in [0.2, 0.25) is 5.15 Å². The zero-order valence-corrected chi connectivity index (χ0v) is 15.3. The molecule has 0 atom stereocenters. The van der Waals surface area contributed by atoms with E-state index < -0.39 is 0 Å². The number of amides is 1. The zero-order chi connectivity index (χ0) is 18.1. The monoisotopic (exact) mass is 369 g/mol. The summed E-state index contributed by atoms with van der Waals surface area (Å²) < 4.78 is 0. The Kier molecular flexibility index (Phi) is 4.61. The number of nitrogens with zero attached hydrogens (tertiary/aromatic N) is 3. The SMILES string of the molecule is CN1CCC(c2c[nH]c3ccc(NC(=O)c4cccnc4Cl)nc23)CC1. The third kappa shape index (κ3) is 3.30. The predicted molar refractivity (Wildman–Crippen MR) is 103 cm³/mol. The molecule has 1 aliphatic rings. The van der Waals surface area contributed by atoms with Gasteiger partial charge in [-0.25, -0.2) is 9.97 Å². The summed E-state index contributed by atoms with van der Waals surface area (Å²) >= 11 is 6.00. The number of hydrogen-bond donors (Lipinski definition) is 2. The molecule has 2 N–H and O–H groups in total. The molecule has 1 fully saturated rings. The van der Waals surface area contributed by atoms with Crippen molar-refractivity contribution in [3.05, 3.63) is 52.9 Å². The van der Waals surface area contributed by atoms with E-state index in [0.29, 0.717) is 17.3 Å². The predicted octanol–water partition coefficient (Wildman–Crippen LogP) is 3.67. The number of pyridine rings is 2. The fourth-order valence-corrected chi connectivity index (χ4v) is 3.66. The fraction of sp³-hybridized carbons (Fsp3) is 0.316. The van der Waals surface area contributed by atoms with Gasteiger partial charge in [0.05, 0.1) is 16.6 Å². The number of anilines is 1. The van der Waals surface area contributed by atoms with Gasteiger partial charge in [0.25, 0.3) is 5.91 Å². The van der Waals surface area contributed by atoms with Crippen LogP contribution in [0.15, 0.2) is 36.7 Å². The standard InChI is InChI=1S/C19H20ClN5O/c1-25-9-6-12(7-10-25)14-11-22-15-4-5-16(23-17(14)15)24-19(26)13-3-2-8-21-18(13)20/h2-5,8,11-12,22H,6-7,9-10H2,1H3,(H,23,24,26). The van der Waals surface area contributed by atoms with Crippen LogP contribution >= 0.6 is 11.6 Å². The first-order valence-electron chi connectivity index (χ1n) is 8.70. The normalized spacial score (nSPS) is 16.1. The number of fused-ring (bicyclic) bond motifs is 1. The number of carbonyl (C=O) groups is 1. The summed E-state index contributed by atoms with van der Waals surface area (Å²) in [6.07, 6.45) is 5.84. The zero-order valence-electron chi connectivity index (χ0n) is 14.5. The third-order valence-electron chi connectivity index (χ3n) is 4.96. The molecule has 134 valence electrons. The van der Waals surface area contributed by atoms with E-state index in [1.807, 2.05) is 6.07 Å². The lowest BCUT2D eigenvalue weighted by molar-refractivity contribution is 0.102. The van der Waals surface area contributed by atoms with E-state index in [0.717, 1.165) is 37.0 Å². The Labute approximate surface area is 156 Å². The quantitative estimate of drug-likeness (QED) is 0.691. The molecule has 3 aromatic rings. The van der Waals surface area contributed by atoms with Gasteiger partial charge in [-0.05, 0) is 68.7 Å². The number of halogens is 1. The number of hydrogen-bond acceptors (Lipinski definition) is 4. The van der Waals surface area contributed by atoms with Gasteiger partial charge in [0.15, 0.2) is 0 Å². The maximum absolute atomic E-state index is 12.4. The maximum Gasteiger partial charge on any atom is 0.259 e. The van der Waals surface area contributed by atoms with Gasteiger partial charge in [0, 0.05) is 12.4 Å². The van der Waals surface area contributed by atoms with E-state index in [1.165, 1.54) is 5.56 Å². The Morgan fingerprint density at radius 3 is 2.88 bits per heavy atom. The molecule has 1 amide bonds. The van der Waals surface area contributed by atoms with Crippen molar-refractivity contribution in [3.63, 3.8) is 0 Å². The van der Waals surface area contributed by atoms with Crippen LogP contribution in [0.1, 0.15) is 34.7 Å². The summed E-state index contributed by atoms with van der Waals surface area (Å²) in [5.74, 6) is 0.689. The van der Waals surface area contributed by atoms with Crippen LogP contribution in [0.25, 0.3) is 11.0 Å². The van der Waals surface area contributed by atoms with Crippen molar-refractivity contribution >= 4 is 34.4 Å². The lowest BCUT2D eigenvalue weighted by Gasteiger charge is -2.28. The topological polar surface area (TPSA) is 73.9 Å². The molecule has 0 saturated carbocycles. The van der Waals surface area contributed by atoms with Crippen LogP contribution in [0, 0.1) is 0 Å². The van der Waals surface area contributed by atoms with Gasteiger partial charge in [-0.3, -0.25) is 4.79 Å². The van der Waals surface area contributed by atoms with Crippen LogP contribution in [0.3, 0.4) is 0 Å². The van der Waals surface area contributed by atoms with E-state index in [-0.39, 0.29) is 11.1 Å². The lowest BCUT2D eigenvalue weighted by Crippen LogP contribution is -2.29. The Bertz CT molecular complexity index is 946. The molecule has 3 aromatic heterocycles. The number of nitrogens with one attached hydrogen (secondary N) is 2. The molecule has 6 nitrogen and oxygen atoms in total.